The molecule has 12 heteroatoms. The molecule has 0 aliphatic heterocycles. The number of fused-ring (bicyclic) bond motifs is 1. The van der Waals surface area contributed by atoms with Crippen LogP contribution in [0.2, 0.25) is 0 Å². The molecular weight excluding hydrogens is 456 g/mol. The Bertz CT molecular complexity index is 1250. The van der Waals surface area contributed by atoms with Crippen LogP contribution in [0.3, 0.4) is 0 Å². The predicted octanol–water partition coefficient (Wildman–Crippen LogP) is 1.37. The molecule has 4 aromatic heterocycles. The SMILES string of the molecule is Cc1nc(NCc2cnccn2)nc(N[C@@H]2C[C@H](CO)[C@@H](O)[C@H]2O)c1-c1nc2cnccc2s1. The van der Waals surface area contributed by atoms with Gasteiger partial charge in [-0.15, -0.1) is 11.3 Å². The molecule has 4 atom stereocenters. The van der Waals surface area contributed by atoms with E-state index in [0.717, 1.165) is 20.9 Å². The molecule has 0 spiro atoms. The highest BCUT2D eigenvalue weighted by Gasteiger charge is 2.41. The van der Waals surface area contributed by atoms with Gasteiger partial charge in [0, 0.05) is 31.1 Å². The standard InChI is InChI=1S/C22H24N8O3S/c1-11-17(21-29-15-9-23-3-2-16(15)34-21)20(28-14-6-12(10-31)18(32)19(14)33)30-22(27-11)26-8-13-7-24-4-5-25-13/h2-5,7,9,12,14,18-19,31-33H,6,8,10H2,1H3,(H2,26,27,28,30)/t12-,14-,18-,19+/m1/s1. The van der Waals surface area contributed by atoms with Crippen LogP contribution in [-0.4, -0.2) is 70.1 Å². The van der Waals surface area contributed by atoms with E-state index >= 15 is 0 Å². The highest BCUT2D eigenvalue weighted by molar-refractivity contribution is 7.21. The Morgan fingerprint density at radius 2 is 1.91 bits per heavy atom. The zero-order valence-corrected chi connectivity index (χ0v) is 19.1. The van der Waals surface area contributed by atoms with E-state index < -0.39 is 24.2 Å². The molecule has 4 aromatic rings. The molecular formula is C22H24N8O3S. The van der Waals surface area contributed by atoms with Crippen molar-refractivity contribution >= 4 is 33.3 Å². The minimum absolute atomic E-state index is 0.206. The number of pyridine rings is 1. The molecule has 1 saturated carbocycles. The van der Waals surface area contributed by atoms with Crippen LogP contribution in [-0.2, 0) is 6.54 Å². The first-order valence-electron chi connectivity index (χ1n) is 10.9. The number of hydrogen-bond acceptors (Lipinski definition) is 12. The Morgan fingerprint density at radius 3 is 2.65 bits per heavy atom. The average Bonchev–Trinajstić information content (AvgIpc) is 3.39. The third kappa shape index (κ3) is 4.40. The Hall–Kier alpha value is -3.32. The maximum Gasteiger partial charge on any atom is 0.225 e. The Labute approximate surface area is 199 Å². The topological polar surface area (TPSA) is 162 Å². The monoisotopic (exact) mass is 480 g/mol. The second kappa shape index (κ2) is 9.50. The first-order chi connectivity index (χ1) is 16.5. The van der Waals surface area contributed by atoms with Gasteiger partial charge in [0.25, 0.3) is 0 Å². The van der Waals surface area contributed by atoms with E-state index in [1.807, 2.05) is 13.0 Å². The van der Waals surface area contributed by atoms with Crippen molar-refractivity contribution in [2.24, 2.45) is 5.92 Å². The zero-order chi connectivity index (χ0) is 23.7. The van der Waals surface area contributed by atoms with Crippen molar-refractivity contribution < 1.29 is 15.3 Å². The molecule has 5 rings (SSSR count). The van der Waals surface area contributed by atoms with Gasteiger partial charge in [0.15, 0.2) is 0 Å². The quantitative estimate of drug-likeness (QED) is 0.260. The van der Waals surface area contributed by atoms with E-state index in [1.54, 1.807) is 31.0 Å². The number of rotatable bonds is 7. The lowest BCUT2D eigenvalue weighted by Gasteiger charge is -2.21. The average molecular weight is 481 g/mol. The molecule has 0 unspecified atom stereocenters. The van der Waals surface area contributed by atoms with Crippen LogP contribution in [0.4, 0.5) is 11.8 Å². The zero-order valence-electron chi connectivity index (χ0n) is 18.3. The molecule has 1 fully saturated rings. The first-order valence-corrected chi connectivity index (χ1v) is 11.7. The van der Waals surface area contributed by atoms with Crippen molar-refractivity contribution in [3.63, 3.8) is 0 Å². The second-order valence-corrected chi connectivity index (χ2v) is 9.21. The summed E-state index contributed by atoms with van der Waals surface area (Å²) < 4.78 is 0.983. The Kier molecular flexibility index (Phi) is 6.28. The predicted molar refractivity (Wildman–Crippen MR) is 127 cm³/mol. The lowest BCUT2D eigenvalue weighted by Crippen LogP contribution is -2.35. The molecule has 0 bridgehead atoms. The summed E-state index contributed by atoms with van der Waals surface area (Å²) in [6, 6.07) is 1.41. The number of aryl methyl sites for hydroxylation is 1. The first kappa shape index (κ1) is 22.5. The van der Waals surface area contributed by atoms with Crippen molar-refractivity contribution in [3.8, 4) is 10.6 Å². The number of aliphatic hydroxyl groups excluding tert-OH is 3. The van der Waals surface area contributed by atoms with Gasteiger partial charge >= 0.3 is 0 Å². The van der Waals surface area contributed by atoms with Gasteiger partial charge in [-0.05, 0) is 19.4 Å². The summed E-state index contributed by atoms with van der Waals surface area (Å²) >= 11 is 1.50. The van der Waals surface area contributed by atoms with E-state index in [4.69, 9.17) is 4.98 Å². The Morgan fingerprint density at radius 1 is 1.06 bits per heavy atom. The van der Waals surface area contributed by atoms with E-state index in [1.165, 1.54) is 11.3 Å². The van der Waals surface area contributed by atoms with Crippen LogP contribution in [0.5, 0.6) is 0 Å². The van der Waals surface area contributed by atoms with Gasteiger partial charge in [0.05, 0.1) is 52.7 Å². The van der Waals surface area contributed by atoms with Crippen molar-refractivity contribution in [1.82, 2.24) is 29.9 Å². The molecule has 1 aliphatic carbocycles. The number of nitrogens with zero attached hydrogens (tertiary/aromatic N) is 6. The molecule has 1 aliphatic rings. The Balaban J connectivity index is 1.51. The highest BCUT2D eigenvalue weighted by atomic mass is 32.1. The third-order valence-corrected chi connectivity index (χ3v) is 6.95. The van der Waals surface area contributed by atoms with E-state index in [-0.39, 0.29) is 6.61 Å². The summed E-state index contributed by atoms with van der Waals surface area (Å²) in [4.78, 5) is 26.5. The maximum atomic E-state index is 10.6. The lowest BCUT2D eigenvalue weighted by molar-refractivity contribution is 0.00446. The van der Waals surface area contributed by atoms with Gasteiger partial charge in [-0.2, -0.15) is 4.98 Å². The van der Waals surface area contributed by atoms with Gasteiger partial charge in [0.2, 0.25) is 5.95 Å². The van der Waals surface area contributed by atoms with Crippen molar-refractivity contribution in [2.45, 2.75) is 38.1 Å². The van der Waals surface area contributed by atoms with Gasteiger partial charge in [0.1, 0.15) is 22.4 Å². The molecule has 4 heterocycles. The minimum atomic E-state index is -1.05. The molecule has 0 aromatic carbocycles. The van der Waals surface area contributed by atoms with Crippen LogP contribution in [0.25, 0.3) is 20.8 Å². The normalized spacial score (nSPS) is 22.2. The number of nitrogens with one attached hydrogen (secondary N) is 2. The lowest BCUT2D eigenvalue weighted by atomic mass is 10.1. The summed E-state index contributed by atoms with van der Waals surface area (Å²) in [5.74, 6) is 0.446. The van der Waals surface area contributed by atoms with Gasteiger partial charge < -0.3 is 26.0 Å². The third-order valence-electron chi connectivity index (χ3n) is 5.90. The van der Waals surface area contributed by atoms with E-state index in [0.29, 0.717) is 36.0 Å². The molecule has 0 saturated heterocycles. The van der Waals surface area contributed by atoms with Gasteiger partial charge in [-0.1, -0.05) is 0 Å². The molecule has 5 N–H and O–H groups in total. The molecule has 176 valence electrons. The van der Waals surface area contributed by atoms with Crippen LogP contribution in [0.15, 0.2) is 37.1 Å². The fourth-order valence-corrected chi connectivity index (χ4v) is 5.15. The largest absolute Gasteiger partial charge is 0.396 e. The maximum absolute atomic E-state index is 10.6. The van der Waals surface area contributed by atoms with Crippen LogP contribution in [0.1, 0.15) is 17.8 Å². The fraction of sp³-hybridized carbons (Fsp3) is 0.364. The van der Waals surface area contributed by atoms with Crippen LogP contribution in [0, 0.1) is 12.8 Å². The fourth-order valence-electron chi connectivity index (χ4n) is 4.11. The smallest absolute Gasteiger partial charge is 0.225 e. The molecule has 0 radical (unpaired) electrons. The van der Waals surface area contributed by atoms with Gasteiger partial charge in [-0.25, -0.2) is 9.97 Å². The van der Waals surface area contributed by atoms with Crippen LogP contribution < -0.4 is 10.6 Å². The number of anilines is 2. The molecule has 34 heavy (non-hydrogen) atoms. The molecule has 11 nitrogen and oxygen atoms in total. The summed E-state index contributed by atoms with van der Waals surface area (Å²) in [5.41, 5.74) is 2.91. The summed E-state index contributed by atoms with van der Waals surface area (Å²) in [7, 11) is 0. The van der Waals surface area contributed by atoms with Crippen molar-refractivity contribution in [1.29, 1.82) is 0 Å². The summed E-state index contributed by atoms with van der Waals surface area (Å²) in [6.07, 6.45) is 6.64. The molecule has 0 amide bonds. The number of thiazole rings is 1. The second-order valence-electron chi connectivity index (χ2n) is 8.18. The number of hydrogen-bond donors (Lipinski definition) is 5. The van der Waals surface area contributed by atoms with Crippen LogP contribution >= 0.6 is 11.3 Å². The van der Waals surface area contributed by atoms with E-state index in [9.17, 15) is 15.3 Å². The van der Waals surface area contributed by atoms with Crippen molar-refractivity contribution in [3.05, 3.63) is 48.4 Å². The minimum Gasteiger partial charge on any atom is -0.396 e. The summed E-state index contributed by atoms with van der Waals surface area (Å²) in [6.45, 7) is 2.05. The highest BCUT2D eigenvalue weighted by Crippen LogP contribution is 2.37. The summed E-state index contributed by atoms with van der Waals surface area (Å²) in [5, 5.41) is 37.6. The van der Waals surface area contributed by atoms with Gasteiger partial charge in [-0.3, -0.25) is 15.0 Å². The number of aliphatic hydroxyl groups is 3. The number of aromatic nitrogens is 6. The van der Waals surface area contributed by atoms with E-state index in [2.05, 4.69) is 35.6 Å². The van der Waals surface area contributed by atoms with Crippen molar-refractivity contribution in [2.75, 3.05) is 17.2 Å².